The summed E-state index contributed by atoms with van der Waals surface area (Å²) in [5, 5.41) is 2.81. The van der Waals surface area contributed by atoms with Crippen molar-refractivity contribution in [3.05, 3.63) is 16.7 Å². The van der Waals surface area contributed by atoms with Crippen LogP contribution in [0.4, 0.5) is 5.82 Å². The molecule has 0 aliphatic rings. The van der Waals surface area contributed by atoms with Crippen LogP contribution in [0.2, 0.25) is 0 Å². The van der Waals surface area contributed by atoms with Crippen LogP contribution in [0, 0.1) is 0 Å². The Balaban J connectivity index is 3.23. The molecule has 108 valence electrons. The highest BCUT2D eigenvalue weighted by atomic mass is 79.9. The molecule has 0 aromatic carbocycles. The second-order valence-corrected chi connectivity index (χ2v) is 7.87. The molecular formula is C11H18BrN3O2S2. The Labute approximate surface area is 127 Å². The van der Waals surface area contributed by atoms with Crippen molar-refractivity contribution in [3.63, 3.8) is 0 Å². The fraction of sp³-hybridized carbons (Fsp3) is 0.545. The van der Waals surface area contributed by atoms with Crippen molar-refractivity contribution < 1.29 is 8.42 Å². The number of nitrogens with zero attached hydrogens (tertiary/aromatic N) is 2. The van der Waals surface area contributed by atoms with E-state index in [0.717, 1.165) is 5.75 Å². The average molecular weight is 368 g/mol. The van der Waals surface area contributed by atoms with Crippen molar-refractivity contribution in [2.75, 3.05) is 31.4 Å². The van der Waals surface area contributed by atoms with Crippen LogP contribution in [0.3, 0.4) is 0 Å². The molecule has 1 unspecified atom stereocenters. The van der Waals surface area contributed by atoms with Gasteiger partial charge in [-0.15, -0.1) is 0 Å². The van der Waals surface area contributed by atoms with Crippen LogP contribution < -0.4 is 5.32 Å². The first-order valence-electron chi connectivity index (χ1n) is 5.64. The monoisotopic (exact) mass is 367 g/mol. The summed E-state index contributed by atoms with van der Waals surface area (Å²) in [6.45, 7) is 1.89. The summed E-state index contributed by atoms with van der Waals surface area (Å²) in [5.41, 5.74) is 0. The maximum atomic E-state index is 12.6. The SMILES string of the molecule is CNc1ncc(Br)cc1S(=O)(=O)N(C)C(C)CSC. The molecule has 0 saturated carbocycles. The van der Waals surface area contributed by atoms with Gasteiger partial charge in [0.1, 0.15) is 10.7 Å². The minimum absolute atomic E-state index is 0.0799. The number of nitrogens with one attached hydrogen (secondary N) is 1. The lowest BCUT2D eigenvalue weighted by molar-refractivity contribution is 0.415. The number of thioether (sulfide) groups is 1. The van der Waals surface area contributed by atoms with Crippen molar-refractivity contribution in [2.24, 2.45) is 0 Å². The molecule has 0 radical (unpaired) electrons. The molecule has 1 aromatic rings. The summed E-state index contributed by atoms with van der Waals surface area (Å²) in [6, 6.07) is 1.49. The third kappa shape index (κ3) is 3.84. The Morgan fingerprint density at radius 2 is 2.21 bits per heavy atom. The van der Waals surface area contributed by atoms with Gasteiger partial charge in [0.25, 0.3) is 0 Å². The Hall–Kier alpha value is -0.310. The van der Waals surface area contributed by atoms with E-state index in [1.165, 1.54) is 4.31 Å². The van der Waals surface area contributed by atoms with Crippen molar-refractivity contribution in [1.29, 1.82) is 0 Å². The molecule has 0 bridgehead atoms. The predicted octanol–water partition coefficient (Wildman–Crippen LogP) is 2.26. The van der Waals surface area contributed by atoms with Gasteiger partial charge in [-0.05, 0) is 35.2 Å². The lowest BCUT2D eigenvalue weighted by Crippen LogP contribution is -2.37. The normalized spacial score (nSPS) is 13.6. The largest absolute Gasteiger partial charge is 0.372 e. The van der Waals surface area contributed by atoms with Crippen LogP contribution in [-0.4, -0.2) is 49.9 Å². The van der Waals surface area contributed by atoms with Gasteiger partial charge in [0, 0.05) is 36.6 Å². The fourth-order valence-corrected chi connectivity index (χ4v) is 4.36. The summed E-state index contributed by atoms with van der Waals surface area (Å²) >= 11 is 4.87. The summed E-state index contributed by atoms with van der Waals surface area (Å²) < 4.78 is 27.2. The van der Waals surface area contributed by atoms with Crippen LogP contribution in [0.1, 0.15) is 6.92 Å². The van der Waals surface area contributed by atoms with Crippen molar-refractivity contribution >= 4 is 43.5 Å². The molecule has 0 fully saturated rings. The topological polar surface area (TPSA) is 62.3 Å². The quantitative estimate of drug-likeness (QED) is 0.835. The molecule has 1 N–H and O–H groups in total. The minimum Gasteiger partial charge on any atom is -0.372 e. The first-order chi connectivity index (χ1) is 8.84. The van der Waals surface area contributed by atoms with Crippen LogP contribution in [0.5, 0.6) is 0 Å². The van der Waals surface area contributed by atoms with E-state index in [9.17, 15) is 8.42 Å². The molecule has 0 aliphatic carbocycles. The molecule has 0 spiro atoms. The van der Waals surface area contributed by atoms with E-state index >= 15 is 0 Å². The number of aromatic nitrogens is 1. The van der Waals surface area contributed by atoms with E-state index in [2.05, 4.69) is 26.2 Å². The van der Waals surface area contributed by atoms with Gasteiger partial charge in [0.2, 0.25) is 10.0 Å². The molecular weight excluding hydrogens is 350 g/mol. The molecule has 5 nitrogen and oxygen atoms in total. The van der Waals surface area contributed by atoms with Gasteiger partial charge >= 0.3 is 0 Å². The maximum Gasteiger partial charge on any atom is 0.246 e. The van der Waals surface area contributed by atoms with Crippen LogP contribution in [-0.2, 0) is 10.0 Å². The second kappa shape index (κ2) is 6.92. The molecule has 1 atom stereocenters. The van der Waals surface area contributed by atoms with Gasteiger partial charge in [0.15, 0.2) is 0 Å². The van der Waals surface area contributed by atoms with E-state index in [1.54, 1.807) is 38.1 Å². The third-order valence-electron chi connectivity index (χ3n) is 2.74. The molecule has 1 rings (SSSR count). The molecule has 0 amide bonds. The third-order valence-corrected chi connectivity index (χ3v) is 5.98. The van der Waals surface area contributed by atoms with Crippen molar-refractivity contribution in [1.82, 2.24) is 9.29 Å². The second-order valence-electron chi connectivity index (χ2n) is 4.08. The van der Waals surface area contributed by atoms with Gasteiger partial charge in [0.05, 0.1) is 0 Å². The van der Waals surface area contributed by atoms with Crippen LogP contribution >= 0.6 is 27.7 Å². The Kier molecular flexibility index (Phi) is 6.10. The number of halogens is 1. The number of rotatable bonds is 6. The zero-order valence-electron chi connectivity index (χ0n) is 11.3. The highest BCUT2D eigenvalue weighted by Gasteiger charge is 2.28. The lowest BCUT2D eigenvalue weighted by Gasteiger charge is -2.24. The minimum atomic E-state index is -3.56. The zero-order valence-corrected chi connectivity index (χ0v) is 14.6. The summed E-state index contributed by atoms with van der Waals surface area (Å²) in [7, 11) is -0.314. The number of sulfonamides is 1. The molecule has 0 aliphatic heterocycles. The number of anilines is 1. The standard InChI is InChI=1S/C11H18BrN3O2S2/c1-8(7-18-4)15(3)19(16,17)10-5-9(12)6-14-11(10)13-2/h5-6,8H,7H2,1-4H3,(H,13,14). The van der Waals surface area contributed by atoms with E-state index in [1.807, 2.05) is 13.2 Å². The van der Waals surface area contributed by atoms with Gasteiger partial charge in [-0.25, -0.2) is 13.4 Å². The first-order valence-corrected chi connectivity index (χ1v) is 9.27. The smallest absolute Gasteiger partial charge is 0.246 e. The molecule has 19 heavy (non-hydrogen) atoms. The number of hydrogen-bond donors (Lipinski definition) is 1. The Morgan fingerprint density at radius 1 is 1.58 bits per heavy atom. The van der Waals surface area contributed by atoms with Crippen LogP contribution in [0.15, 0.2) is 21.6 Å². The Morgan fingerprint density at radius 3 is 2.74 bits per heavy atom. The van der Waals surface area contributed by atoms with Gasteiger partial charge in [-0.1, -0.05) is 0 Å². The van der Waals surface area contributed by atoms with Gasteiger partial charge in [-0.2, -0.15) is 16.1 Å². The fourth-order valence-electron chi connectivity index (χ4n) is 1.54. The van der Waals surface area contributed by atoms with E-state index in [-0.39, 0.29) is 10.9 Å². The van der Waals surface area contributed by atoms with E-state index < -0.39 is 10.0 Å². The summed E-state index contributed by atoms with van der Waals surface area (Å²) in [6.07, 6.45) is 3.52. The molecule has 8 heteroatoms. The highest BCUT2D eigenvalue weighted by Crippen LogP contribution is 2.26. The number of pyridine rings is 1. The van der Waals surface area contributed by atoms with Gasteiger partial charge in [-0.3, -0.25) is 0 Å². The highest BCUT2D eigenvalue weighted by molar-refractivity contribution is 9.10. The molecule has 0 saturated heterocycles. The zero-order chi connectivity index (χ0) is 14.6. The summed E-state index contributed by atoms with van der Waals surface area (Å²) in [5.74, 6) is 1.10. The van der Waals surface area contributed by atoms with Crippen molar-refractivity contribution in [2.45, 2.75) is 17.9 Å². The van der Waals surface area contributed by atoms with Crippen molar-refractivity contribution in [3.8, 4) is 0 Å². The Bertz CT molecular complexity index is 537. The predicted molar refractivity (Wildman–Crippen MR) is 84.3 cm³/mol. The molecule has 1 aromatic heterocycles. The van der Waals surface area contributed by atoms with E-state index in [0.29, 0.717) is 10.3 Å². The van der Waals surface area contributed by atoms with Gasteiger partial charge < -0.3 is 5.32 Å². The number of hydrogen-bond acceptors (Lipinski definition) is 5. The van der Waals surface area contributed by atoms with Crippen LogP contribution in [0.25, 0.3) is 0 Å². The molecule has 1 heterocycles. The lowest BCUT2D eigenvalue weighted by atomic mass is 10.4. The van der Waals surface area contributed by atoms with E-state index in [4.69, 9.17) is 0 Å². The average Bonchev–Trinajstić information content (AvgIpc) is 2.38. The summed E-state index contributed by atoms with van der Waals surface area (Å²) in [4.78, 5) is 4.26. The first kappa shape index (κ1) is 16.7. The maximum absolute atomic E-state index is 12.6.